The van der Waals surface area contributed by atoms with E-state index in [1.807, 2.05) is 0 Å². The first-order valence-electron chi connectivity index (χ1n) is 6.13. The van der Waals surface area contributed by atoms with E-state index in [-0.39, 0.29) is 17.9 Å². The number of hydrogen-bond donors (Lipinski definition) is 3. The quantitative estimate of drug-likeness (QED) is 0.740. The van der Waals surface area contributed by atoms with Crippen molar-refractivity contribution in [3.63, 3.8) is 0 Å². The molecule has 6 heteroatoms. The summed E-state index contributed by atoms with van der Waals surface area (Å²) in [6.45, 7) is 0. The third-order valence-corrected chi connectivity index (χ3v) is 3.49. The minimum Gasteiger partial charge on any atom is -0.478 e. The van der Waals surface area contributed by atoms with Gasteiger partial charge >= 0.3 is 5.97 Å². The Bertz CT molecular complexity index is 684. The fourth-order valence-corrected chi connectivity index (χ4v) is 2.24. The lowest BCUT2D eigenvalue weighted by molar-refractivity contribution is -0.115. The zero-order chi connectivity index (χ0) is 15.4. The van der Waals surface area contributed by atoms with Crippen LogP contribution in [-0.2, 0) is 11.2 Å². The van der Waals surface area contributed by atoms with E-state index in [0.717, 1.165) is 5.56 Å². The van der Waals surface area contributed by atoms with Gasteiger partial charge in [-0.2, -0.15) is 0 Å². The van der Waals surface area contributed by atoms with Crippen molar-refractivity contribution < 1.29 is 14.7 Å². The number of carboxylic acid groups (broad SMARTS) is 1. The molecule has 0 heterocycles. The normalized spacial score (nSPS) is 10.1. The van der Waals surface area contributed by atoms with Crippen LogP contribution in [0.25, 0.3) is 0 Å². The SMILES string of the molecule is Nc1ccc(CC(=O)Nc2ccc(C(=O)O)cc2Br)cc1. The van der Waals surface area contributed by atoms with E-state index in [1.54, 1.807) is 30.3 Å². The fraction of sp³-hybridized carbons (Fsp3) is 0.0667. The van der Waals surface area contributed by atoms with E-state index in [9.17, 15) is 9.59 Å². The molecule has 0 radical (unpaired) electrons. The summed E-state index contributed by atoms with van der Waals surface area (Å²) in [5.74, 6) is -1.21. The molecule has 2 aromatic rings. The molecule has 0 aromatic heterocycles. The zero-order valence-corrected chi connectivity index (χ0v) is 12.6. The first-order valence-corrected chi connectivity index (χ1v) is 6.92. The van der Waals surface area contributed by atoms with Gasteiger partial charge in [0.15, 0.2) is 0 Å². The summed E-state index contributed by atoms with van der Waals surface area (Å²) in [6, 6.07) is 11.5. The minimum atomic E-state index is -1.02. The monoisotopic (exact) mass is 348 g/mol. The third kappa shape index (κ3) is 4.06. The number of nitrogen functional groups attached to an aromatic ring is 1. The number of carboxylic acids is 1. The number of amides is 1. The number of benzene rings is 2. The lowest BCUT2D eigenvalue weighted by Gasteiger charge is -2.08. The Kier molecular flexibility index (Phi) is 4.59. The van der Waals surface area contributed by atoms with E-state index in [1.165, 1.54) is 12.1 Å². The van der Waals surface area contributed by atoms with Crippen LogP contribution in [0.4, 0.5) is 11.4 Å². The van der Waals surface area contributed by atoms with Gasteiger partial charge in [0.05, 0.1) is 17.7 Å². The van der Waals surface area contributed by atoms with Crippen LogP contribution >= 0.6 is 15.9 Å². The number of nitrogens with two attached hydrogens (primary N) is 1. The predicted octanol–water partition coefficient (Wildman–Crippen LogP) is 2.91. The van der Waals surface area contributed by atoms with E-state index >= 15 is 0 Å². The highest BCUT2D eigenvalue weighted by Gasteiger charge is 2.10. The molecule has 21 heavy (non-hydrogen) atoms. The molecule has 0 saturated carbocycles. The molecular weight excluding hydrogens is 336 g/mol. The number of halogens is 1. The van der Waals surface area contributed by atoms with Crippen LogP contribution in [0, 0.1) is 0 Å². The summed E-state index contributed by atoms with van der Waals surface area (Å²) in [4.78, 5) is 22.8. The predicted molar refractivity (Wildman–Crippen MR) is 84.3 cm³/mol. The number of rotatable bonds is 4. The van der Waals surface area contributed by atoms with Gasteiger partial charge in [0, 0.05) is 10.2 Å². The van der Waals surface area contributed by atoms with Gasteiger partial charge in [0.2, 0.25) is 5.91 Å². The van der Waals surface area contributed by atoms with Crippen molar-refractivity contribution >= 4 is 39.2 Å². The van der Waals surface area contributed by atoms with Gasteiger partial charge in [-0.15, -0.1) is 0 Å². The third-order valence-electron chi connectivity index (χ3n) is 2.83. The van der Waals surface area contributed by atoms with Crippen molar-refractivity contribution in [1.29, 1.82) is 0 Å². The van der Waals surface area contributed by atoms with Crippen LogP contribution < -0.4 is 11.1 Å². The summed E-state index contributed by atoms with van der Waals surface area (Å²) < 4.78 is 0.521. The molecule has 5 nitrogen and oxygen atoms in total. The van der Waals surface area contributed by atoms with Gasteiger partial charge in [0.25, 0.3) is 0 Å². The van der Waals surface area contributed by atoms with Crippen molar-refractivity contribution in [3.05, 3.63) is 58.1 Å². The van der Waals surface area contributed by atoms with Crippen LogP contribution in [0.5, 0.6) is 0 Å². The summed E-state index contributed by atoms with van der Waals surface area (Å²) >= 11 is 3.24. The van der Waals surface area contributed by atoms with Crippen LogP contribution in [0.3, 0.4) is 0 Å². The van der Waals surface area contributed by atoms with Gasteiger partial charge in [0.1, 0.15) is 0 Å². The maximum absolute atomic E-state index is 12.0. The summed E-state index contributed by atoms with van der Waals surface area (Å²) in [7, 11) is 0. The van der Waals surface area contributed by atoms with Gasteiger partial charge in [-0.25, -0.2) is 4.79 Å². The number of carbonyl (C=O) groups excluding carboxylic acids is 1. The van der Waals surface area contributed by atoms with Crippen molar-refractivity contribution in [2.75, 3.05) is 11.1 Å². The molecule has 1 amide bonds. The Balaban J connectivity index is 2.06. The molecule has 0 bridgehead atoms. The highest BCUT2D eigenvalue weighted by Crippen LogP contribution is 2.24. The molecule has 0 fully saturated rings. The topological polar surface area (TPSA) is 92.4 Å². The number of nitrogens with one attached hydrogen (secondary N) is 1. The molecule has 108 valence electrons. The Morgan fingerprint density at radius 3 is 2.38 bits per heavy atom. The highest BCUT2D eigenvalue weighted by molar-refractivity contribution is 9.10. The van der Waals surface area contributed by atoms with Crippen molar-refractivity contribution in [1.82, 2.24) is 0 Å². The molecule has 4 N–H and O–H groups in total. The fourth-order valence-electron chi connectivity index (χ4n) is 1.76. The lowest BCUT2D eigenvalue weighted by atomic mass is 10.1. The molecular formula is C15H13BrN2O3. The minimum absolute atomic E-state index is 0.151. The lowest BCUT2D eigenvalue weighted by Crippen LogP contribution is -2.15. The summed E-state index contributed by atoms with van der Waals surface area (Å²) in [5, 5.41) is 11.6. The Hall–Kier alpha value is -2.34. The first-order chi connectivity index (χ1) is 9.95. The first kappa shape index (κ1) is 15.1. The molecule has 0 atom stereocenters. The molecule has 0 aliphatic heterocycles. The maximum Gasteiger partial charge on any atom is 0.335 e. The van der Waals surface area contributed by atoms with E-state index in [2.05, 4.69) is 21.2 Å². The number of hydrogen-bond acceptors (Lipinski definition) is 3. The maximum atomic E-state index is 12.0. The van der Waals surface area contributed by atoms with E-state index in [4.69, 9.17) is 10.8 Å². The van der Waals surface area contributed by atoms with Crippen LogP contribution in [0.1, 0.15) is 15.9 Å². The smallest absolute Gasteiger partial charge is 0.335 e. The highest BCUT2D eigenvalue weighted by atomic mass is 79.9. The molecule has 0 spiro atoms. The Labute approximate surface area is 129 Å². The Morgan fingerprint density at radius 2 is 1.81 bits per heavy atom. The van der Waals surface area contributed by atoms with E-state index in [0.29, 0.717) is 15.8 Å². The molecule has 0 aliphatic rings. The molecule has 0 saturated heterocycles. The zero-order valence-electron chi connectivity index (χ0n) is 11.0. The molecule has 0 aliphatic carbocycles. The van der Waals surface area contributed by atoms with Gasteiger partial charge in [-0.05, 0) is 51.8 Å². The Morgan fingerprint density at radius 1 is 1.14 bits per heavy atom. The van der Waals surface area contributed by atoms with E-state index < -0.39 is 5.97 Å². The second kappa shape index (κ2) is 6.41. The van der Waals surface area contributed by atoms with Crippen molar-refractivity contribution in [2.24, 2.45) is 0 Å². The van der Waals surface area contributed by atoms with Gasteiger partial charge < -0.3 is 16.2 Å². The number of carbonyl (C=O) groups is 2. The molecule has 2 aromatic carbocycles. The summed E-state index contributed by atoms with van der Waals surface area (Å²) in [6.07, 6.45) is 0.216. The number of aromatic carboxylic acids is 1. The van der Waals surface area contributed by atoms with Gasteiger partial charge in [-0.1, -0.05) is 12.1 Å². The van der Waals surface area contributed by atoms with Crippen LogP contribution in [0.15, 0.2) is 46.9 Å². The van der Waals surface area contributed by atoms with Crippen LogP contribution in [-0.4, -0.2) is 17.0 Å². The molecule has 0 unspecified atom stereocenters. The number of anilines is 2. The van der Waals surface area contributed by atoms with Gasteiger partial charge in [-0.3, -0.25) is 4.79 Å². The summed E-state index contributed by atoms with van der Waals surface area (Å²) in [5.41, 5.74) is 7.76. The molecule has 2 rings (SSSR count). The second-order valence-corrected chi connectivity index (χ2v) is 5.32. The van der Waals surface area contributed by atoms with Crippen LogP contribution in [0.2, 0.25) is 0 Å². The largest absolute Gasteiger partial charge is 0.478 e. The van der Waals surface area contributed by atoms with Crippen molar-refractivity contribution in [3.8, 4) is 0 Å². The average molecular weight is 349 g/mol. The van der Waals surface area contributed by atoms with Crippen molar-refractivity contribution in [2.45, 2.75) is 6.42 Å². The second-order valence-electron chi connectivity index (χ2n) is 4.47. The average Bonchev–Trinajstić information content (AvgIpc) is 2.43. The standard InChI is InChI=1S/C15H13BrN2O3/c16-12-8-10(15(20)21)3-6-13(12)18-14(19)7-9-1-4-11(17)5-2-9/h1-6,8H,7,17H2,(H,18,19)(H,20,21).